The summed E-state index contributed by atoms with van der Waals surface area (Å²) in [6.07, 6.45) is 9.19. The molecule has 70 heavy (non-hydrogen) atoms. The van der Waals surface area contributed by atoms with Crippen molar-refractivity contribution in [2.45, 2.75) is 12.0 Å². The summed E-state index contributed by atoms with van der Waals surface area (Å²) in [6, 6.07) is 76.1. The van der Waals surface area contributed by atoms with Crippen molar-refractivity contribution >= 4 is 76.8 Å². The van der Waals surface area contributed by atoms with E-state index in [-0.39, 0.29) is 12.0 Å². The van der Waals surface area contributed by atoms with Gasteiger partial charge in [0.25, 0.3) is 0 Å². The van der Waals surface area contributed by atoms with Crippen LogP contribution in [0.25, 0.3) is 106 Å². The van der Waals surface area contributed by atoms with Crippen molar-refractivity contribution in [3.63, 3.8) is 0 Å². The smallest absolute Gasteiger partial charge is 0.238 e. The SMILES string of the molecule is C1=CC2c3ccc4c5ccccc5n(-c5ccccc5)c4c3N(c3cccc(-n4c5ccccc5c5ccc6c(c7ccccc7n6-c6nc(-c7ccccc7)nc(-c7ccccc7)n6)c54)c3)C2C=C1. The van der Waals surface area contributed by atoms with Crippen LogP contribution in [0, 0.1) is 0 Å². The second-order valence-electron chi connectivity index (χ2n) is 18.3. The molecule has 9 aromatic carbocycles. The molecule has 0 radical (unpaired) electrons. The van der Waals surface area contributed by atoms with E-state index in [4.69, 9.17) is 15.0 Å². The zero-order valence-electron chi connectivity index (χ0n) is 37.8. The number of nitrogens with zero attached hydrogens (tertiary/aromatic N) is 7. The van der Waals surface area contributed by atoms with Gasteiger partial charge in [0.1, 0.15) is 0 Å². The van der Waals surface area contributed by atoms with Crippen molar-refractivity contribution in [3.05, 3.63) is 242 Å². The van der Waals surface area contributed by atoms with Crippen molar-refractivity contribution < 1.29 is 0 Å². The Balaban J connectivity index is 0.991. The Morgan fingerprint density at radius 1 is 0.357 bits per heavy atom. The van der Waals surface area contributed by atoms with Crippen LogP contribution in [0.1, 0.15) is 11.5 Å². The summed E-state index contributed by atoms with van der Waals surface area (Å²) >= 11 is 0. The summed E-state index contributed by atoms with van der Waals surface area (Å²) in [6.45, 7) is 0. The Kier molecular flexibility index (Phi) is 8.35. The van der Waals surface area contributed by atoms with Crippen LogP contribution in [0.4, 0.5) is 11.4 Å². The van der Waals surface area contributed by atoms with Crippen molar-refractivity contribution in [2.75, 3.05) is 4.90 Å². The molecule has 1 aliphatic carbocycles. The predicted molar refractivity (Wildman–Crippen MR) is 287 cm³/mol. The van der Waals surface area contributed by atoms with E-state index in [2.05, 4.69) is 219 Å². The third-order valence-electron chi connectivity index (χ3n) is 14.6. The van der Waals surface area contributed by atoms with Gasteiger partial charge in [0.05, 0.1) is 44.8 Å². The lowest BCUT2D eigenvalue weighted by atomic mass is 9.91. The van der Waals surface area contributed by atoms with E-state index < -0.39 is 0 Å². The molecule has 4 aromatic heterocycles. The van der Waals surface area contributed by atoms with Gasteiger partial charge >= 0.3 is 0 Å². The first-order valence-electron chi connectivity index (χ1n) is 24.0. The number of para-hydroxylation sites is 4. The minimum absolute atomic E-state index is 0.0906. The minimum Gasteiger partial charge on any atom is -0.332 e. The van der Waals surface area contributed by atoms with E-state index >= 15 is 0 Å². The summed E-state index contributed by atoms with van der Waals surface area (Å²) in [5, 5.41) is 7.13. The number of hydrogen-bond donors (Lipinski definition) is 0. The summed E-state index contributed by atoms with van der Waals surface area (Å²) in [5.41, 5.74) is 14.6. The highest BCUT2D eigenvalue weighted by Crippen LogP contribution is 2.53. The first-order valence-corrected chi connectivity index (χ1v) is 24.0. The van der Waals surface area contributed by atoms with Crippen molar-refractivity contribution in [1.29, 1.82) is 0 Å². The zero-order chi connectivity index (χ0) is 45.9. The van der Waals surface area contributed by atoms with Crippen LogP contribution in [-0.4, -0.2) is 34.7 Å². The maximum Gasteiger partial charge on any atom is 0.238 e. The van der Waals surface area contributed by atoms with Gasteiger partial charge in [-0.3, -0.25) is 4.57 Å². The number of anilines is 2. The topological polar surface area (TPSA) is 56.7 Å². The molecule has 328 valence electrons. The molecule has 1 aliphatic heterocycles. The zero-order valence-corrected chi connectivity index (χ0v) is 37.8. The minimum atomic E-state index is 0.0906. The highest BCUT2D eigenvalue weighted by molar-refractivity contribution is 6.26. The highest BCUT2D eigenvalue weighted by atomic mass is 15.2. The quantitative estimate of drug-likeness (QED) is 0.167. The van der Waals surface area contributed by atoms with E-state index in [1.165, 1.54) is 43.8 Å². The molecular formula is C63H41N7. The fraction of sp³-hybridized carbons (Fsp3) is 0.0317. The monoisotopic (exact) mass is 895 g/mol. The predicted octanol–water partition coefficient (Wildman–Crippen LogP) is 15.2. The summed E-state index contributed by atoms with van der Waals surface area (Å²) in [5.74, 6) is 2.00. The van der Waals surface area contributed by atoms with Gasteiger partial charge < -0.3 is 14.0 Å². The third-order valence-corrected chi connectivity index (χ3v) is 14.6. The fourth-order valence-corrected chi connectivity index (χ4v) is 11.7. The molecule has 5 heterocycles. The number of allylic oxidation sites excluding steroid dienone is 2. The highest BCUT2D eigenvalue weighted by Gasteiger charge is 2.40. The van der Waals surface area contributed by atoms with E-state index in [1.807, 2.05) is 36.4 Å². The molecule has 0 spiro atoms. The molecule has 13 aromatic rings. The Hall–Kier alpha value is -9.33. The van der Waals surface area contributed by atoms with E-state index in [9.17, 15) is 0 Å². The average molecular weight is 896 g/mol. The molecule has 0 N–H and O–H groups in total. The van der Waals surface area contributed by atoms with Crippen LogP contribution in [0.3, 0.4) is 0 Å². The van der Waals surface area contributed by atoms with Gasteiger partial charge in [0.15, 0.2) is 11.6 Å². The van der Waals surface area contributed by atoms with E-state index in [0.717, 1.165) is 61.0 Å². The Labute approximate surface area is 402 Å². The standard InChI is InChI=1S/C63H41N7/c1-4-19-40(20-5-1)61-64-62(41-21-6-2-7-22-41)66-63(65-61)70-55-34-17-13-30-51(55)57-56(70)38-37-48-45-27-10-15-32-53(45)68(58(48)57)43-25-18-26-44(39-43)69-54-33-16-12-29-47(54)50-36-35-49-46-28-11-14-31-52(46)67(59(49)60(50)69)42-23-8-3-9-24-42/h1-39,47,54H. The Morgan fingerprint density at radius 3 is 1.57 bits per heavy atom. The average Bonchev–Trinajstić information content (AvgIpc) is 4.17. The van der Waals surface area contributed by atoms with Gasteiger partial charge in [-0.15, -0.1) is 0 Å². The normalized spacial score (nSPS) is 15.3. The molecule has 2 unspecified atom stereocenters. The first kappa shape index (κ1) is 38.7. The van der Waals surface area contributed by atoms with Gasteiger partial charge in [0.2, 0.25) is 5.95 Å². The van der Waals surface area contributed by atoms with Crippen molar-refractivity contribution in [3.8, 4) is 40.1 Å². The molecular weight excluding hydrogens is 855 g/mol. The number of rotatable bonds is 6. The Bertz CT molecular complexity index is 4250. The molecule has 0 saturated carbocycles. The fourth-order valence-electron chi connectivity index (χ4n) is 11.7. The third kappa shape index (κ3) is 5.60. The molecule has 2 aliphatic rings. The van der Waals surface area contributed by atoms with Gasteiger partial charge in [-0.2, -0.15) is 9.97 Å². The second kappa shape index (κ2) is 15.1. The van der Waals surface area contributed by atoms with E-state index in [0.29, 0.717) is 17.6 Å². The van der Waals surface area contributed by atoms with E-state index in [1.54, 1.807) is 0 Å². The maximum absolute atomic E-state index is 5.26. The molecule has 0 saturated heterocycles. The van der Waals surface area contributed by atoms with Gasteiger partial charge in [-0.05, 0) is 60.2 Å². The molecule has 0 amide bonds. The van der Waals surface area contributed by atoms with Crippen LogP contribution >= 0.6 is 0 Å². The number of aromatic nitrogens is 6. The molecule has 7 nitrogen and oxygen atoms in total. The first-order chi connectivity index (χ1) is 34.8. The lowest BCUT2D eigenvalue weighted by Gasteiger charge is -2.30. The van der Waals surface area contributed by atoms with Gasteiger partial charge in [-0.25, -0.2) is 4.98 Å². The second-order valence-corrected chi connectivity index (χ2v) is 18.3. The number of benzene rings is 9. The largest absolute Gasteiger partial charge is 0.332 e. The molecule has 0 fully saturated rings. The number of fused-ring (bicyclic) bond motifs is 14. The van der Waals surface area contributed by atoms with Crippen LogP contribution in [-0.2, 0) is 0 Å². The molecule has 2 atom stereocenters. The lowest BCUT2D eigenvalue weighted by molar-refractivity contribution is 0.744. The Morgan fingerprint density at radius 2 is 0.886 bits per heavy atom. The van der Waals surface area contributed by atoms with Crippen LogP contribution in [0.5, 0.6) is 0 Å². The van der Waals surface area contributed by atoms with Crippen LogP contribution < -0.4 is 4.90 Å². The van der Waals surface area contributed by atoms with Crippen LogP contribution in [0.2, 0.25) is 0 Å². The number of hydrogen-bond acceptors (Lipinski definition) is 4. The summed E-state index contributed by atoms with van der Waals surface area (Å²) in [7, 11) is 0. The molecule has 15 rings (SSSR count). The van der Waals surface area contributed by atoms with Crippen molar-refractivity contribution in [1.82, 2.24) is 28.7 Å². The molecule has 7 heteroatoms. The molecule has 0 bridgehead atoms. The van der Waals surface area contributed by atoms with Crippen LogP contribution in [0.15, 0.2) is 237 Å². The summed E-state index contributed by atoms with van der Waals surface area (Å²) < 4.78 is 7.19. The lowest BCUT2D eigenvalue weighted by Crippen LogP contribution is -2.28. The maximum atomic E-state index is 5.26. The van der Waals surface area contributed by atoms with Gasteiger partial charge in [-0.1, -0.05) is 182 Å². The van der Waals surface area contributed by atoms with Crippen molar-refractivity contribution in [2.24, 2.45) is 0 Å². The van der Waals surface area contributed by atoms with Gasteiger partial charge in [0, 0.05) is 66.4 Å². The summed E-state index contributed by atoms with van der Waals surface area (Å²) in [4.78, 5) is 18.2.